The zero-order chi connectivity index (χ0) is 22.1. The number of nitrogens with zero attached hydrogens (tertiary/aromatic N) is 3. The zero-order valence-electron chi connectivity index (χ0n) is 18.4. The van der Waals surface area contributed by atoms with Crippen molar-refractivity contribution in [2.45, 2.75) is 57.0 Å². The first-order valence-corrected chi connectivity index (χ1v) is 11.6. The van der Waals surface area contributed by atoms with Gasteiger partial charge in [-0.1, -0.05) is 61.4 Å². The molecule has 3 aromatic rings. The highest BCUT2D eigenvalue weighted by atomic mass is 32.2. The molecule has 0 radical (unpaired) electrons. The van der Waals surface area contributed by atoms with Crippen molar-refractivity contribution in [1.82, 2.24) is 20.1 Å². The highest BCUT2D eigenvalue weighted by Crippen LogP contribution is 2.26. The first kappa shape index (κ1) is 22.9. The molecule has 0 unspecified atom stereocenters. The van der Waals surface area contributed by atoms with Crippen LogP contribution in [-0.4, -0.2) is 27.8 Å². The van der Waals surface area contributed by atoms with Gasteiger partial charge in [0, 0.05) is 17.9 Å². The van der Waals surface area contributed by atoms with E-state index in [1.54, 1.807) is 18.9 Å². The highest BCUT2D eigenvalue weighted by Gasteiger charge is 2.15. The third-order valence-corrected chi connectivity index (χ3v) is 5.95. The van der Waals surface area contributed by atoms with E-state index in [1.807, 2.05) is 22.8 Å². The average molecular weight is 439 g/mol. The van der Waals surface area contributed by atoms with Gasteiger partial charge in [0.2, 0.25) is 5.91 Å². The van der Waals surface area contributed by atoms with Crippen LogP contribution in [-0.2, 0) is 17.1 Å². The maximum Gasteiger partial charge on any atom is 0.220 e. The van der Waals surface area contributed by atoms with Crippen LogP contribution in [0.3, 0.4) is 0 Å². The Kier molecular flexibility index (Phi) is 8.53. The van der Waals surface area contributed by atoms with E-state index in [4.69, 9.17) is 4.74 Å². The van der Waals surface area contributed by atoms with Gasteiger partial charge in [-0.25, -0.2) is 0 Å². The lowest BCUT2D eigenvalue weighted by atomic mass is 10.2. The van der Waals surface area contributed by atoms with Gasteiger partial charge in [-0.3, -0.25) is 9.36 Å². The quantitative estimate of drug-likeness (QED) is 0.334. The number of carbonyl (C=O) groups excluding carboxylic acids is 1. The Balaban J connectivity index is 1.77. The number of ether oxygens (including phenoxy) is 1. The molecule has 1 amide bonds. The van der Waals surface area contributed by atoms with Crippen LogP contribution in [0.25, 0.3) is 5.69 Å². The van der Waals surface area contributed by atoms with E-state index in [-0.39, 0.29) is 5.91 Å². The molecule has 0 atom stereocenters. The Hall–Kier alpha value is -2.80. The van der Waals surface area contributed by atoms with Gasteiger partial charge in [-0.15, -0.1) is 10.2 Å². The summed E-state index contributed by atoms with van der Waals surface area (Å²) in [5, 5.41) is 12.6. The molecule has 2 aromatic carbocycles. The van der Waals surface area contributed by atoms with E-state index in [0.717, 1.165) is 53.0 Å². The summed E-state index contributed by atoms with van der Waals surface area (Å²) in [5.74, 6) is 2.35. The topological polar surface area (TPSA) is 69.0 Å². The zero-order valence-corrected chi connectivity index (χ0v) is 19.2. The first-order chi connectivity index (χ1) is 15.1. The molecule has 164 valence electrons. The van der Waals surface area contributed by atoms with Crippen LogP contribution < -0.4 is 10.1 Å². The largest absolute Gasteiger partial charge is 0.497 e. The number of thioether (sulfide) groups is 1. The van der Waals surface area contributed by atoms with E-state index < -0.39 is 0 Å². The molecule has 31 heavy (non-hydrogen) atoms. The Morgan fingerprint density at radius 2 is 1.94 bits per heavy atom. The van der Waals surface area contributed by atoms with Crippen LogP contribution >= 0.6 is 11.8 Å². The van der Waals surface area contributed by atoms with E-state index >= 15 is 0 Å². The number of nitrogens with one attached hydrogen (secondary N) is 1. The molecule has 0 aliphatic carbocycles. The first-order valence-electron chi connectivity index (χ1n) is 10.6. The minimum atomic E-state index is 0.0532. The number of carbonyl (C=O) groups is 1. The third-order valence-electron chi connectivity index (χ3n) is 4.95. The Bertz CT molecular complexity index is 985. The molecule has 0 aliphatic rings. The second-order valence-corrected chi connectivity index (χ2v) is 8.39. The lowest BCUT2D eigenvalue weighted by Gasteiger charge is -2.12. The van der Waals surface area contributed by atoms with Crippen molar-refractivity contribution in [3.8, 4) is 11.4 Å². The van der Waals surface area contributed by atoms with Crippen molar-refractivity contribution >= 4 is 17.7 Å². The monoisotopic (exact) mass is 438 g/mol. The summed E-state index contributed by atoms with van der Waals surface area (Å²) in [6.45, 7) is 4.55. The summed E-state index contributed by atoms with van der Waals surface area (Å²) in [6.07, 6.45) is 3.62. The van der Waals surface area contributed by atoms with Gasteiger partial charge in [-0.2, -0.15) is 0 Å². The fourth-order valence-corrected chi connectivity index (χ4v) is 4.09. The number of unbranched alkanes of at least 4 members (excludes halogenated alkanes) is 2. The van der Waals surface area contributed by atoms with Crippen LogP contribution in [0, 0.1) is 6.92 Å². The van der Waals surface area contributed by atoms with E-state index in [0.29, 0.717) is 13.0 Å². The molecule has 6 nitrogen and oxygen atoms in total. The number of hydrogen-bond donors (Lipinski definition) is 1. The summed E-state index contributed by atoms with van der Waals surface area (Å²) < 4.78 is 7.35. The summed E-state index contributed by atoms with van der Waals surface area (Å²) >= 11 is 1.61. The molecular formula is C24H30N4O2S. The van der Waals surface area contributed by atoms with Crippen molar-refractivity contribution in [1.29, 1.82) is 0 Å². The lowest BCUT2D eigenvalue weighted by molar-refractivity contribution is -0.121. The number of rotatable bonds is 11. The molecule has 0 saturated heterocycles. The average Bonchev–Trinajstić information content (AvgIpc) is 3.20. The number of aryl methyl sites for hydroxylation is 1. The maximum absolute atomic E-state index is 12.2. The summed E-state index contributed by atoms with van der Waals surface area (Å²) in [7, 11) is 1.67. The molecular weight excluding hydrogens is 408 g/mol. The van der Waals surface area contributed by atoms with E-state index in [9.17, 15) is 4.79 Å². The van der Waals surface area contributed by atoms with Gasteiger partial charge in [-0.05, 0) is 43.2 Å². The van der Waals surface area contributed by atoms with E-state index in [1.165, 1.54) is 5.56 Å². The minimum Gasteiger partial charge on any atom is -0.497 e. The third kappa shape index (κ3) is 6.59. The van der Waals surface area contributed by atoms with Gasteiger partial charge < -0.3 is 10.1 Å². The minimum absolute atomic E-state index is 0.0532. The van der Waals surface area contributed by atoms with Crippen molar-refractivity contribution in [3.05, 3.63) is 65.5 Å². The van der Waals surface area contributed by atoms with Gasteiger partial charge in [0.15, 0.2) is 11.0 Å². The van der Waals surface area contributed by atoms with Gasteiger partial charge in [0.25, 0.3) is 0 Å². The fraction of sp³-hybridized carbons (Fsp3) is 0.375. The molecule has 0 fully saturated rings. The Morgan fingerprint density at radius 3 is 2.68 bits per heavy atom. The molecule has 1 heterocycles. The molecule has 0 spiro atoms. The molecule has 1 N–H and O–H groups in total. The van der Waals surface area contributed by atoms with Crippen molar-refractivity contribution in [2.75, 3.05) is 7.11 Å². The van der Waals surface area contributed by atoms with Crippen molar-refractivity contribution < 1.29 is 9.53 Å². The molecule has 7 heteroatoms. The van der Waals surface area contributed by atoms with Crippen LogP contribution in [0.4, 0.5) is 0 Å². The molecule has 0 saturated carbocycles. The number of aromatic nitrogens is 3. The molecule has 0 aliphatic heterocycles. The Labute approximate surface area is 188 Å². The summed E-state index contributed by atoms with van der Waals surface area (Å²) in [6, 6.07) is 16.3. The van der Waals surface area contributed by atoms with Gasteiger partial charge in [0.1, 0.15) is 5.75 Å². The smallest absolute Gasteiger partial charge is 0.220 e. The van der Waals surface area contributed by atoms with Crippen LogP contribution in [0.2, 0.25) is 0 Å². The molecule has 0 bridgehead atoms. The second kappa shape index (κ2) is 11.6. The van der Waals surface area contributed by atoms with E-state index in [2.05, 4.69) is 59.7 Å². The lowest BCUT2D eigenvalue weighted by Crippen LogP contribution is -2.24. The number of amides is 1. The van der Waals surface area contributed by atoms with Crippen LogP contribution in [0.15, 0.2) is 53.7 Å². The van der Waals surface area contributed by atoms with Crippen LogP contribution in [0.5, 0.6) is 5.75 Å². The molecule has 3 rings (SSSR count). The van der Waals surface area contributed by atoms with Crippen molar-refractivity contribution in [3.63, 3.8) is 0 Å². The van der Waals surface area contributed by atoms with Crippen molar-refractivity contribution in [2.24, 2.45) is 0 Å². The predicted octanol–water partition coefficient (Wildman–Crippen LogP) is 5.07. The highest BCUT2D eigenvalue weighted by molar-refractivity contribution is 7.98. The van der Waals surface area contributed by atoms with Gasteiger partial charge in [0.05, 0.1) is 13.7 Å². The maximum atomic E-state index is 12.2. The SMILES string of the molecule is CCCCCC(=O)NCc1nnc(SCc2cccc(OC)c2)n1-c1ccc(C)cc1. The normalized spacial score (nSPS) is 10.8. The number of methoxy groups -OCH3 is 1. The number of benzene rings is 2. The van der Waals surface area contributed by atoms with Crippen LogP contribution in [0.1, 0.15) is 49.6 Å². The number of hydrogen-bond acceptors (Lipinski definition) is 5. The fourth-order valence-electron chi connectivity index (χ4n) is 3.17. The Morgan fingerprint density at radius 1 is 1.13 bits per heavy atom. The second-order valence-electron chi connectivity index (χ2n) is 7.44. The summed E-state index contributed by atoms with van der Waals surface area (Å²) in [5.41, 5.74) is 3.32. The summed E-state index contributed by atoms with van der Waals surface area (Å²) in [4.78, 5) is 12.2. The standard InChI is InChI=1S/C24H30N4O2S/c1-4-5-6-10-23(29)25-16-22-26-27-24(28(22)20-13-11-18(2)12-14-20)31-17-19-8-7-9-21(15-19)30-3/h7-9,11-15H,4-6,10,16-17H2,1-3H3,(H,25,29). The predicted molar refractivity (Wildman–Crippen MR) is 125 cm³/mol. The molecule has 1 aromatic heterocycles. The van der Waals surface area contributed by atoms with Gasteiger partial charge >= 0.3 is 0 Å².